The van der Waals surface area contributed by atoms with E-state index in [2.05, 4.69) is 0 Å². The zero-order valence-corrected chi connectivity index (χ0v) is 6.95. The van der Waals surface area contributed by atoms with Gasteiger partial charge in [-0.15, -0.1) is 0 Å². The molecule has 4 N–H and O–H groups in total. The van der Waals surface area contributed by atoms with Crippen molar-refractivity contribution < 1.29 is 19.5 Å². The monoisotopic (exact) mass is 138 g/mol. The van der Waals surface area contributed by atoms with Crippen LogP contribution < -0.4 is 11.5 Å². The molecule has 34 valence electrons. The molecule has 6 heavy (non-hydrogen) atoms. The average molecular weight is 140 g/mol. The first kappa shape index (κ1) is 9.74. The van der Waals surface area contributed by atoms with Gasteiger partial charge in [0.1, 0.15) is 0 Å². The zero-order chi connectivity index (χ0) is 4.12. The second-order valence-electron chi connectivity index (χ2n) is 0.931. The van der Waals surface area contributed by atoms with Gasteiger partial charge in [0, 0.05) is 19.5 Å². The van der Waals surface area contributed by atoms with Crippen molar-refractivity contribution in [2.75, 3.05) is 13.1 Å². The van der Waals surface area contributed by atoms with Gasteiger partial charge in [-0.05, 0) is 19.5 Å². The first-order chi connectivity index (χ1) is 2.41. The molecule has 0 saturated carbocycles. The first-order valence-electron chi connectivity index (χ1n) is 1.82. The van der Waals surface area contributed by atoms with Crippen molar-refractivity contribution in [3.05, 3.63) is 0 Å². The predicted octanol–water partition coefficient (Wildman–Crippen LogP) is -0.709. The van der Waals surface area contributed by atoms with Gasteiger partial charge in [-0.25, -0.2) is 0 Å². The molecule has 0 bridgehead atoms. The van der Waals surface area contributed by atoms with Gasteiger partial charge in [-0.1, -0.05) is 0 Å². The van der Waals surface area contributed by atoms with Gasteiger partial charge in [0.2, 0.25) is 0 Å². The zero-order valence-electron chi connectivity index (χ0n) is 3.98. The normalized spacial score (nSPS) is 7.00. The molecule has 0 atom stereocenters. The van der Waals surface area contributed by atoms with Crippen LogP contribution in [0.2, 0.25) is 0 Å². The third-order valence-corrected chi connectivity index (χ3v) is 0.408. The van der Waals surface area contributed by atoms with E-state index in [4.69, 9.17) is 11.5 Å². The molecule has 0 aliphatic heterocycles. The van der Waals surface area contributed by atoms with Crippen LogP contribution >= 0.6 is 0 Å². The van der Waals surface area contributed by atoms with E-state index >= 15 is 0 Å². The third kappa shape index (κ3) is 8.82. The summed E-state index contributed by atoms with van der Waals surface area (Å²) >= 11 is 0. The summed E-state index contributed by atoms with van der Waals surface area (Å²) in [5.41, 5.74) is 10.1. The fourth-order valence-electron chi connectivity index (χ4n) is 0.118. The summed E-state index contributed by atoms with van der Waals surface area (Å²) in [5, 5.41) is 0. The molecule has 0 radical (unpaired) electrons. The summed E-state index contributed by atoms with van der Waals surface area (Å²) in [7, 11) is 0. The SMILES string of the molecule is NCCCN.[Zn]. The van der Waals surface area contributed by atoms with Gasteiger partial charge >= 0.3 is 0 Å². The van der Waals surface area contributed by atoms with Crippen LogP contribution in [0.4, 0.5) is 0 Å². The first-order valence-corrected chi connectivity index (χ1v) is 1.82. The number of nitrogens with two attached hydrogens (primary N) is 2. The Kier molecular flexibility index (Phi) is 14.8. The summed E-state index contributed by atoms with van der Waals surface area (Å²) in [5.74, 6) is 0. The molecule has 0 fully saturated rings. The predicted molar refractivity (Wildman–Crippen MR) is 22.7 cm³/mol. The van der Waals surface area contributed by atoms with Crippen LogP contribution in [0.15, 0.2) is 0 Å². The van der Waals surface area contributed by atoms with E-state index in [1.807, 2.05) is 0 Å². The van der Waals surface area contributed by atoms with Crippen molar-refractivity contribution in [2.24, 2.45) is 11.5 Å². The molecule has 0 heterocycles. The maximum Gasteiger partial charge on any atom is 0 e. The molecule has 0 aliphatic rings. The number of rotatable bonds is 2. The van der Waals surface area contributed by atoms with Crippen LogP contribution in [-0.4, -0.2) is 13.1 Å². The molecule has 0 aromatic heterocycles. The van der Waals surface area contributed by atoms with E-state index in [1.165, 1.54) is 0 Å². The van der Waals surface area contributed by atoms with Gasteiger partial charge in [0.05, 0.1) is 0 Å². The summed E-state index contributed by atoms with van der Waals surface area (Å²) in [6.45, 7) is 1.44. The Balaban J connectivity index is 0. The van der Waals surface area contributed by atoms with Gasteiger partial charge in [-0.2, -0.15) is 0 Å². The Morgan fingerprint density at radius 3 is 1.33 bits per heavy atom. The van der Waals surface area contributed by atoms with Gasteiger partial charge in [-0.3, -0.25) is 0 Å². The van der Waals surface area contributed by atoms with Crippen molar-refractivity contribution in [2.45, 2.75) is 6.42 Å². The summed E-state index contributed by atoms with van der Waals surface area (Å²) in [6, 6.07) is 0. The molecule has 0 aliphatic carbocycles. The molecule has 0 spiro atoms. The fraction of sp³-hybridized carbons (Fsp3) is 1.00. The van der Waals surface area contributed by atoms with Crippen molar-refractivity contribution in [3.63, 3.8) is 0 Å². The van der Waals surface area contributed by atoms with E-state index in [0.717, 1.165) is 19.5 Å². The van der Waals surface area contributed by atoms with Crippen LogP contribution in [0, 0.1) is 0 Å². The van der Waals surface area contributed by atoms with Crippen LogP contribution in [0.25, 0.3) is 0 Å². The van der Waals surface area contributed by atoms with Crippen LogP contribution in [-0.2, 0) is 19.5 Å². The number of hydrogen-bond acceptors (Lipinski definition) is 2. The fourth-order valence-corrected chi connectivity index (χ4v) is 0.118. The molecule has 0 unspecified atom stereocenters. The van der Waals surface area contributed by atoms with Crippen molar-refractivity contribution in [1.29, 1.82) is 0 Å². The minimum atomic E-state index is 0. The van der Waals surface area contributed by atoms with Crippen molar-refractivity contribution in [1.82, 2.24) is 0 Å². The molecule has 3 heteroatoms. The maximum absolute atomic E-state index is 5.06. The van der Waals surface area contributed by atoms with E-state index in [1.54, 1.807) is 0 Å². The van der Waals surface area contributed by atoms with Gasteiger partial charge in [0.25, 0.3) is 0 Å². The molecule has 0 amide bonds. The number of hydrogen-bond donors (Lipinski definition) is 2. The van der Waals surface area contributed by atoms with E-state index in [9.17, 15) is 0 Å². The Hall–Kier alpha value is 0.543. The minimum absolute atomic E-state index is 0. The van der Waals surface area contributed by atoms with Crippen molar-refractivity contribution >= 4 is 0 Å². The average Bonchev–Trinajstić information content (AvgIpc) is 1.41. The standard InChI is InChI=1S/C3H10N2.Zn/c4-2-1-3-5;/h1-5H2;. The van der Waals surface area contributed by atoms with Gasteiger partial charge in [0.15, 0.2) is 0 Å². The van der Waals surface area contributed by atoms with Crippen molar-refractivity contribution in [3.8, 4) is 0 Å². The topological polar surface area (TPSA) is 52.0 Å². The summed E-state index contributed by atoms with van der Waals surface area (Å²) in [6.07, 6.45) is 0.944. The molecular formula is C3H10N2Zn. The maximum atomic E-state index is 5.06. The molecule has 2 nitrogen and oxygen atoms in total. The quantitative estimate of drug-likeness (QED) is 0.497. The van der Waals surface area contributed by atoms with Crippen LogP contribution in [0.1, 0.15) is 6.42 Å². The Bertz CT molecular complexity index is 16.3. The largest absolute Gasteiger partial charge is 0.330 e. The van der Waals surface area contributed by atoms with Crippen LogP contribution in [0.3, 0.4) is 0 Å². The Morgan fingerprint density at radius 1 is 1.00 bits per heavy atom. The second-order valence-corrected chi connectivity index (χ2v) is 0.931. The molecular weight excluding hydrogens is 129 g/mol. The third-order valence-electron chi connectivity index (χ3n) is 0.408. The molecule has 0 rings (SSSR count). The Morgan fingerprint density at radius 2 is 1.33 bits per heavy atom. The van der Waals surface area contributed by atoms with E-state index < -0.39 is 0 Å². The molecule has 0 aromatic rings. The minimum Gasteiger partial charge on any atom is -0.330 e. The van der Waals surface area contributed by atoms with Gasteiger partial charge < -0.3 is 11.5 Å². The smallest absolute Gasteiger partial charge is 0 e. The Labute approximate surface area is 51.0 Å². The van der Waals surface area contributed by atoms with E-state index in [0.29, 0.717) is 0 Å². The second kappa shape index (κ2) is 9.11. The molecule has 0 aromatic carbocycles. The summed E-state index contributed by atoms with van der Waals surface area (Å²) in [4.78, 5) is 0. The van der Waals surface area contributed by atoms with Crippen LogP contribution in [0.5, 0.6) is 0 Å². The summed E-state index contributed by atoms with van der Waals surface area (Å²) < 4.78 is 0. The van der Waals surface area contributed by atoms with E-state index in [-0.39, 0.29) is 19.5 Å². The molecule has 0 saturated heterocycles.